The van der Waals surface area contributed by atoms with Crippen molar-refractivity contribution < 1.29 is 18.7 Å². The van der Waals surface area contributed by atoms with E-state index in [-0.39, 0.29) is 18.5 Å². The van der Waals surface area contributed by atoms with Crippen molar-refractivity contribution in [1.82, 2.24) is 10.3 Å². The van der Waals surface area contributed by atoms with E-state index in [9.17, 15) is 9.18 Å². The first-order valence-corrected chi connectivity index (χ1v) is 10.1. The predicted molar refractivity (Wildman–Crippen MR) is 108 cm³/mol. The summed E-state index contributed by atoms with van der Waals surface area (Å²) in [4.78, 5) is 16.2. The van der Waals surface area contributed by atoms with E-state index in [0.717, 1.165) is 29.3 Å². The van der Waals surface area contributed by atoms with Crippen molar-refractivity contribution in [3.8, 4) is 5.75 Å². The van der Waals surface area contributed by atoms with Gasteiger partial charge in [-0.3, -0.25) is 4.79 Å². The van der Waals surface area contributed by atoms with Crippen molar-refractivity contribution in [3.05, 3.63) is 64.1 Å². The molecule has 1 aliphatic carbocycles. The molecule has 0 spiro atoms. The number of aromatic amines is 1. The molecule has 0 bridgehead atoms. The van der Waals surface area contributed by atoms with Crippen molar-refractivity contribution in [2.24, 2.45) is 0 Å². The number of halogens is 1. The topological polar surface area (TPSA) is 63.4 Å². The van der Waals surface area contributed by atoms with Crippen LogP contribution in [0.2, 0.25) is 0 Å². The Morgan fingerprint density at radius 3 is 3.00 bits per heavy atom. The molecule has 29 heavy (non-hydrogen) atoms. The summed E-state index contributed by atoms with van der Waals surface area (Å²) in [7, 11) is 0. The molecule has 2 aromatic carbocycles. The molecule has 1 amide bonds. The molecular formula is C23H23FN2O3. The van der Waals surface area contributed by atoms with Gasteiger partial charge in [0.1, 0.15) is 11.6 Å². The summed E-state index contributed by atoms with van der Waals surface area (Å²) in [5.74, 6) is 0.237. The first kappa shape index (κ1) is 18.2. The van der Waals surface area contributed by atoms with E-state index in [2.05, 4.69) is 10.3 Å². The minimum Gasteiger partial charge on any atom is -0.467 e. The van der Waals surface area contributed by atoms with Crippen LogP contribution in [-0.2, 0) is 30.6 Å². The Morgan fingerprint density at radius 2 is 2.07 bits per heavy atom. The summed E-state index contributed by atoms with van der Waals surface area (Å²) in [6.07, 6.45) is 5.05. The zero-order chi connectivity index (χ0) is 19.8. The van der Waals surface area contributed by atoms with Gasteiger partial charge in [0, 0.05) is 34.3 Å². The van der Waals surface area contributed by atoms with Crippen LogP contribution in [0.1, 0.15) is 45.6 Å². The summed E-state index contributed by atoms with van der Waals surface area (Å²) >= 11 is 0. The van der Waals surface area contributed by atoms with E-state index in [1.807, 2.05) is 18.2 Å². The van der Waals surface area contributed by atoms with Crippen LogP contribution in [0.4, 0.5) is 4.39 Å². The van der Waals surface area contributed by atoms with Crippen LogP contribution >= 0.6 is 0 Å². The van der Waals surface area contributed by atoms with Gasteiger partial charge in [0.25, 0.3) is 5.91 Å². The number of nitrogens with one attached hydrogen (secondary N) is 2. The molecule has 2 aliphatic rings. The number of carbonyl (C=O) groups is 1. The Morgan fingerprint density at radius 1 is 1.17 bits per heavy atom. The lowest BCUT2D eigenvalue weighted by atomic mass is 9.95. The summed E-state index contributed by atoms with van der Waals surface area (Å²) in [5, 5.41) is 4.10. The molecule has 6 heteroatoms. The molecule has 1 aliphatic heterocycles. The van der Waals surface area contributed by atoms with Gasteiger partial charge in [-0.25, -0.2) is 4.39 Å². The van der Waals surface area contributed by atoms with Crippen molar-refractivity contribution in [1.29, 1.82) is 0 Å². The van der Waals surface area contributed by atoms with E-state index < -0.39 is 0 Å². The van der Waals surface area contributed by atoms with Gasteiger partial charge in [-0.2, -0.15) is 0 Å². The molecule has 0 saturated carbocycles. The molecule has 0 unspecified atom stereocenters. The van der Waals surface area contributed by atoms with E-state index in [0.29, 0.717) is 36.4 Å². The minimum atomic E-state index is -0.318. The van der Waals surface area contributed by atoms with Gasteiger partial charge in [-0.05, 0) is 73.6 Å². The second kappa shape index (κ2) is 7.52. The van der Waals surface area contributed by atoms with E-state index in [1.165, 1.54) is 36.2 Å². The fraction of sp³-hybridized carbons (Fsp3) is 0.348. The molecule has 0 radical (unpaired) electrons. The van der Waals surface area contributed by atoms with Crippen LogP contribution in [0.3, 0.4) is 0 Å². The van der Waals surface area contributed by atoms with Gasteiger partial charge >= 0.3 is 0 Å². The van der Waals surface area contributed by atoms with Crippen molar-refractivity contribution in [3.63, 3.8) is 0 Å². The zero-order valence-electron chi connectivity index (χ0n) is 16.1. The largest absolute Gasteiger partial charge is 0.467 e. The quantitative estimate of drug-likeness (QED) is 0.702. The standard InChI is InChI=1S/C23H23FN2O3/c24-17-9-14(22-16(10-17)12-28-13-29-22)7-8-25-23(27)15-5-6-21-19(11-15)18-3-1-2-4-20(18)26-21/h5-6,9-11,26H,1-4,7-8,12-13H2,(H,25,27). The Balaban J connectivity index is 1.30. The Hall–Kier alpha value is -2.86. The molecule has 0 atom stereocenters. The van der Waals surface area contributed by atoms with Gasteiger partial charge < -0.3 is 19.8 Å². The molecule has 150 valence electrons. The van der Waals surface area contributed by atoms with Gasteiger partial charge in [-0.15, -0.1) is 0 Å². The monoisotopic (exact) mass is 394 g/mol. The molecule has 5 rings (SSSR count). The number of aromatic nitrogens is 1. The lowest BCUT2D eigenvalue weighted by Gasteiger charge is -2.21. The zero-order valence-corrected chi connectivity index (χ0v) is 16.1. The van der Waals surface area contributed by atoms with Gasteiger partial charge in [0.2, 0.25) is 0 Å². The fourth-order valence-electron chi connectivity index (χ4n) is 4.40. The molecule has 1 aromatic heterocycles. The first-order valence-electron chi connectivity index (χ1n) is 10.1. The lowest BCUT2D eigenvalue weighted by molar-refractivity contribution is -0.0172. The average molecular weight is 394 g/mol. The van der Waals surface area contributed by atoms with Crippen molar-refractivity contribution in [2.75, 3.05) is 13.3 Å². The molecule has 5 nitrogen and oxygen atoms in total. The number of benzene rings is 2. The van der Waals surface area contributed by atoms with Crippen LogP contribution < -0.4 is 10.1 Å². The first-order chi connectivity index (χ1) is 14.2. The molecule has 3 aromatic rings. The lowest BCUT2D eigenvalue weighted by Crippen LogP contribution is -2.26. The number of ether oxygens (including phenoxy) is 2. The third-order valence-corrected chi connectivity index (χ3v) is 5.79. The van der Waals surface area contributed by atoms with E-state index in [1.54, 1.807) is 0 Å². The van der Waals surface area contributed by atoms with Crippen LogP contribution in [0.5, 0.6) is 5.75 Å². The summed E-state index contributed by atoms with van der Waals surface area (Å²) in [6, 6.07) is 8.72. The molecule has 2 N–H and O–H groups in total. The number of carbonyl (C=O) groups excluding carboxylic acids is 1. The average Bonchev–Trinajstić information content (AvgIpc) is 3.11. The van der Waals surface area contributed by atoms with Gasteiger partial charge in [0.05, 0.1) is 6.61 Å². The Kier molecular flexibility index (Phi) is 4.72. The Bertz CT molecular complexity index is 1090. The normalized spacial score (nSPS) is 15.5. The summed E-state index contributed by atoms with van der Waals surface area (Å²) in [6.45, 7) is 0.911. The smallest absolute Gasteiger partial charge is 0.251 e. The van der Waals surface area contributed by atoms with Crippen LogP contribution in [0.25, 0.3) is 10.9 Å². The number of aryl methyl sites for hydroxylation is 2. The fourth-order valence-corrected chi connectivity index (χ4v) is 4.40. The highest BCUT2D eigenvalue weighted by Crippen LogP contribution is 2.31. The maximum Gasteiger partial charge on any atom is 0.251 e. The predicted octanol–water partition coefficient (Wildman–Crippen LogP) is 4.02. The van der Waals surface area contributed by atoms with Crippen molar-refractivity contribution >= 4 is 16.8 Å². The number of rotatable bonds is 4. The number of fused-ring (bicyclic) bond motifs is 4. The van der Waals surface area contributed by atoms with E-state index >= 15 is 0 Å². The summed E-state index contributed by atoms with van der Waals surface area (Å²) < 4.78 is 24.6. The van der Waals surface area contributed by atoms with Crippen LogP contribution in [0, 0.1) is 5.82 Å². The van der Waals surface area contributed by atoms with Gasteiger partial charge in [0.15, 0.2) is 6.79 Å². The second-order valence-corrected chi connectivity index (χ2v) is 7.72. The minimum absolute atomic E-state index is 0.118. The molecule has 0 saturated heterocycles. The summed E-state index contributed by atoms with van der Waals surface area (Å²) in [5.41, 5.74) is 5.87. The number of H-pyrrole nitrogens is 1. The van der Waals surface area contributed by atoms with Gasteiger partial charge in [-0.1, -0.05) is 0 Å². The maximum atomic E-state index is 13.9. The molecule has 2 heterocycles. The third-order valence-electron chi connectivity index (χ3n) is 5.79. The highest BCUT2D eigenvalue weighted by Gasteiger charge is 2.18. The maximum absolute atomic E-state index is 13.9. The Labute approximate surface area is 168 Å². The van der Waals surface area contributed by atoms with Crippen LogP contribution in [-0.4, -0.2) is 24.2 Å². The second-order valence-electron chi connectivity index (χ2n) is 7.72. The van der Waals surface area contributed by atoms with Crippen LogP contribution in [0.15, 0.2) is 30.3 Å². The van der Waals surface area contributed by atoms with E-state index in [4.69, 9.17) is 9.47 Å². The SMILES string of the molecule is O=C(NCCc1cc(F)cc2c1OCOC2)c1ccc2[nH]c3c(c2c1)CCCC3. The van der Waals surface area contributed by atoms with Crippen molar-refractivity contribution in [2.45, 2.75) is 38.7 Å². The number of hydrogen-bond donors (Lipinski definition) is 2. The highest BCUT2D eigenvalue weighted by atomic mass is 19.1. The third kappa shape index (κ3) is 3.49. The highest BCUT2D eigenvalue weighted by molar-refractivity contribution is 5.99. The molecule has 0 fully saturated rings. The number of amides is 1. The number of hydrogen-bond acceptors (Lipinski definition) is 3. The molecular weight excluding hydrogens is 371 g/mol.